The average molecular weight is 363 g/mol. The molecule has 0 bridgehead atoms. The second kappa shape index (κ2) is 8.30. The summed E-state index contributed by atoms with van der Waals surface area (Å²) in [4.78, 5) is 6.67. The molecule has 4 heteroatoms. The molecule has 4 nitrogen and oxygen atoms in total. The van der Waals surface area contributed by atoms with E-state index >= 15 is 0 Å². The number of nitrogen functional groups attached to an aromatic ring is 1. The van der Waals surface area contributed by atoms with Crippen LogP contribution in [0.2, 0.25) is 0 Å². The Bertz CT molecular complexity index is 812. The Balaban J connectivity index is 1.78. The molecule has 1 aromatic heterocycles. The van der Waals surface area contributed by atoms with Crippen LogP contribution < -0.4 is 11.1 Å². The van der Waals surface area contributed by atoms with E-state index < -0.39 is 0 Å². The van der Waals surface area contributed by atoms with Gasteiger partial charge in [0, 0.05) is 6.54 Å². The summed E-state index contributed by atoms with van der Waals surface area (Å²) in [5, 5.41) is 3.37. The molecule has 1 unspecified atom stereocenters. The van der Waals surface area contributed by atoms with Crippen molar-refractivity contribution in [3.8, 4) is 0 Å². The van der Waals surface area contributed by atoms with Crippen molar-refractivity contribution in [3.63, 3.8) is 0 Å². The third-order valence-corrected chi connectivity index (χ3v) is 5.37. The third kappa shape index (κ3) is 4.33. The van der Waals surface area contributed by atoms with Crippen LogP contribution >= 0.6 is 0 Å². The number of nitrogens with one attached hydrogen (secondary N) is 1. The number of rotatable bonds is 6. The predicted octanol–water partition coefficient (Wildman–Crippen LogP) is 5.14. The first-order valence-electron chi connectivity index (χ1n) is 9.70. The van der Waals surface area contributed by atoms with Crippen molar-refractivity contribution in [1.29, 1.82) is 0 Å². The van der Waals surface area contributed by atoms with Crippen LogP contribution in [0, 0.1) is 5.92 Å². The van der Waals surface area contributed by atoms with Crippen molar-refractivity contribution in [3.05, 3.63) is 78.3 Å². The molecule has 2 aromatic rings. The van der Waals surface area contributed by atoms with Gasteiger partial charge in [-0.05, 0) is 42.4 Å². The number of pyridine rings is 1. The molecule has 1 saturated heterocycles. The smallest absolute Gasteiger partial charge is 0.126 e. The molecule has 0 radical (unpaired) electrons. The molecule has 3 N–H and O–H groups in total. The van der Waals surface area contributed by atoms with Crippen LogP contribution in [-0.2, 0) is 6.42 Å². The van der Waals surface area contributed by atoms with Gasteiger partial charge in [-0.25, -0.2) is 4.98 Å². The summed E-state index contributed by atoms with van der Waals surface area (Å²) < 4.78 is 0. The number of hydrogen-bond donors (Lipinski definition) is 2. The number of piperidine rings is 1. The Hall–Kier alpha value is -2.75. The van der Waals surface area contributed by atoms with Gasteiger partial charge in [-0.3, -0.25) is 0 Å². The molecule has 1 aliphatic heterocycles. The summed E-state index contributed by atoms with van der Waals surface area (Å²) in [5.74, 6) is 1.22. The van der Waals surface area contributed by atoms with Crippen molar-refractivity contribution >= 4 is 11.5 Å². The van der Waals surface area contributed by atoms with Gasteiger partial charge in [0.15, 0.2) is 0 Å². The van der Waals surface area contributed by atoms with Gasteiger partial charge in [0.1, 0.15) is 5.82 Å². The first kappa shape index (κ1) is 19.0. The number of benzene rings is 1. The number of nitrogens with two attached hydrogens (primary N) is 1. The topological polar surface area (TPSA) is 54.2 Å². The number of anilines is 2. The van der Waals surface area contributed by atoms with Gasteiger partial charge in [-0.2, -0.15) is 0 Å². The van der Waals surface area contributed by atoms with Crippen LogP contribution in [-0.4, -0.2) is 16.4 Å². The zero-order valence-electron chi connectivity index (χ0n) is 16.4. The molecule has 0 spiro atoms. The minimum Gasteiger partial charge on any atom is -0.383 e. The molecule has 1 fully saturated rings. The molecule has 2 atom stereocenters. The minimum absolute atomic E-state index is 0.337. The highest BCUT2D eigenvalue weighted by atomic mass is 15.2. The van der Waals surface area contributed by atoms with Crippen molar-refractivity contribution in [2.45, 2.75) is 39.2 Å². The Kier molecular flexibility index (Phi) is 5.84. The van der Waals surface area contributed by atoms with E-state index in [1.165, 1.54) is 12.0 Å². The Morgan fingerprint density at radius 3 is 2.70 bits per heavy atom. The fraction of sp³-hybridized carbons (Fsp3) is 0.348. The lowest BCUT2D eigenvalue weighted by atomic mass is 9.89. The summed E-state index contributed by atoms with van der Waals surface area (Å²) in [5.41, 5.74) is 10.9. The summed E-state index contributed by atoms with van der Waals surface area (Å²) in [6.45, 7) is 14.0. The second-order valence-electron chi connectivity index (χ2n) is 7.43. The van der Waals surface area contributed by atoms with E-state index in [1.807, 2.05) is 6.07 Å². The maximum Gasteiger partial charge on any atom is 0.126 e. The van der Waals surface area contributed by atoms with Crippen LogP contribution in [0.3, 0.4) is 0 Å². The quantitative estimate of drug-likeness (QED) is 0.699. The monoisotopic (exact) mass is 362 g/mol. The van der Waals surface area contributed by atoms with Gasteiger partial charge >= 0.3 is 0 Å². The fourth-order valence-corrected chi connectivity index (χ4v) is 3.76. The Morgan fingerprint density at radius 1 is 1.26 bits per heavy atom. The van der Waals surface area contributed by atoms with E-state index in [0.29, 0.717) is 17.8 Å². The number of aryl methyl sites for hydroxylation is 1. The number of aromatic nitrogens is 1. The normalized spacial score (nSPS) is 19.6. The first-order valence-corrected chi connectivity index (χ1v) is 9.70. The number of likely N-dealkylation sites (tertiary alicyclic amines) is 1. The number of hydrogen-bond acceptors (Lipinski definition) is 4. The fourth-order valence-electron chi connectivity index (χ4n) is 3.76. The highest BCUT2D eigenvalue weighted by Gasteiger charge is 2.29. The molecule has 27 heavy (non-hydrogen) atoms. The van der Waals surface area contributed by atoms with Gasteiger partial charge in [-0.15, -0.1) is 0 Å². The van der Waals surface area contributed by atoms with E-state index in [0.717, 1.165) is 42.0 Å². The van der Waals surface area contributed by atoms with Gasteiger partial charge in [0.2, 0.25) is 0 Å². The van der Waals surface area contributed by atoms with E-state index in [9.17, 15) is 0 Å². The molecule has 142 valence electrons. The Morgan fingerprint density at radius 2 is 2.00 bits per heavy atom. The van der Waals surface area contributed by atoms with E-state index in [4.69, 9.17) is 5.73 Å². The highest BCUT2D eigenvalue weighted by Crippen LogP contribution is 2.37. The lowest BCUT2D eigenvalue weighted by Gasteiger charge is -2.42. The number of nitrogens with zero attached hydrogens (tertiary/aromatic N) is 2. The standard InChI is InChI=1S/C23H30N4/c1-5-19-13-21(14-25-23(19)24)26-17(3)18(4)27-15-16(2)11-12-22(27)20-9-7-6-8-10-20/h6-10,13-14,16,22,26H,3-5,11-12,15H2,1-2H3,(H2,24,25)/t16-,22?/m1/s1. The largest absolute Gasteiger partial charge is 0.383 e. The molecule has 2 heterocycles. The molecule has 1 aliphatic rings. The molecule has 1 aromatic carbocycles. The zero-order valence-corrected chi connectivity index (χ0v) is 16.4. The van der Waals surface area contributed by atoms with Crippen molar-refractivity contribution in [2.75, 3.05) is 17.6 Å². The average Bonchev–Trinajstić information content (AvgIpc) is 2.69. The van der Waals surface area contributed by atoms with Gasteiger partial charge < -0.3 is 16.0 Å². The maximum atomic E-state index is 5.92. The molecular formula is C23H30N4. The maximum absolute atomic E-state index is 5.92. The van der Waals surface area contributed by atoms with Crippen LogP contribution in [0.4, 0.5) is 11.5 Å². The van der Waals surface area contributed by atoms with Crippen LogP contribution in [0.5, 0.6) is 0 Å². The molecule has 0 saturated carbocycles. The van der Waals surface area contributed by atoms with Gasteiger partial charge in [0.05, 0.1) is 29.3 Å². The zero-order chi connectivity index (χ0) is 19.4. The van der Waals surface area contributed by atoms with Crippen LogP contribution in [0.1, 0.15) is 43.9 Å². The van der Waals surface area contributed by atoms with E-state index in [2.05, 4.69) is 72.5 Å². The van der Waals surface area contributed by atoms with Gasteiger partial charge in [-0.1, -0.05) is 57.3 Å². The summed E-state index contributed by atoms with van der Waals surface area (Å²) in [7, 11) is 0. The predicted molar refractivity (Wildman–Crippen MR) is 114 cm³/mol. The second-order valence-corrected chi connectivity index (χ2v) is 7.43. The minimum atomic E-state index is 0.337. The van der Waals surface area contributed by atoms with Crippen LogP contribution in [0.25, 0.3) is 0 Å². The molecule has 3 rings (SSSR count). The highest BCUT2D eigenvalue weighted by molar-refractivity contribution is 5.56. The lowest BCUT2D eigenvalue weighted by Crippen LogP contribution is -2.37. The van der Waals surface area contributed by atoms with Gasteiger partial charge in [0.25, 0.3) is 0 Å². The lowest BCUT2D eigenvalue weighted by molar-refractivity contribution is 0.158. The SMILES string of the molecule is C=C(Nc1cnc(N)c(CC)c1)C(=C)N1C[C@H](C)CCC1c1ccccc1. The van der Waals surface area contributed by atoms with Crippen molar-refractivity contribution in [2.24, 2.45) is 5.92 Å². The summed E-state index contributed by atoms with van der Waals surface area (Å²) >= 11 is 0. The van der Waals surface area contributed by atoms with E-state index in [-0.39, 0.29) is 0 Å². The Labute approximate surface area is 162 Å². The molecule has 0 aliphatic carbocycles. The third-order valence-electron chi connectivity index (χ3n) is 5.37. The molecule has 0 amide bonds. The molecular weight excluding hydrogens is 332 g/mol. The van der Waals surface area contributed by atoms with Crippen LogP contribution in [0.15, 0.2) is 67.1 Å². The first-order chi connectivity index (χ1) is 13.0. The summed E-state index contributed by atoms with van der Waals surface area (Å²) in [6.07, 6.45) is 4.95. The summed E-state index contributed by atoms with van der Waals surface area (Å²) in [6, 6.07) is 13.1. The van der Waals surface area contributed by atoms with Crippen molar-refractivity contribution < 1.29 is 0 Å². The van der Waals surface area contributed by atoms with E-state index in [1.54, 1.807) is 6.20 Å². The van der Waals surface area contributed by atoms with Crippen molar-refractivity contribution in [1.82, 2.24) is 9.88 Å².